The molecule has 7 heteroatoms. The molecule has 0 amide bonds. The van der Waals surface area contributed by atoms with Crippen LogP contribution in [0.1, 0.15) is 48.1 Å². The summed E-state index contributed by atoms with van der Waals surface area (Å²) in [7, 11) is 1.54. The number of hydrogen-bond donors (Lipinski definition) is 4. The summed E-state index contributed by atoms with van der Waals surface area (Å²) in [6, 6.07) is 12.0. The minimum absolute atomic E-state index is 0.244. The van der Waals surface area contributed by atoms with Crippen LogP contribution in [0.5, 0.6) is 5.75 Å². The normalized spacial score (nSPS) is 26.8. The van der Waals surface area contributed by atoms with E-state index in [1.54, 1.807) is 7.11 Å². The SMILES string of the molecule is COc1cc(C(C)C)c(Cc2ccc(Br)cc2)cc1[C@@H]1O[C@H](CO)[C@@H](O)[C@H](O)[C@H]1O. The van der Waals surface area contributed by atoms with Crippen LogP contribution in [-0.2, 0) is 11.2 Å². The second-order valence-electron chi connectivity index (χ2n) is 8.00. The first-order valence-corrected chi connectivity index (χ1v) is 10.8. The van der Waals surface area contributed by atoms with Crippen molar-refractivity contribution in [1.82, 2.24) is 0 Å². The van der Waals surface area contributed by atoms with Crippen molar-refractivity contribution in [3.8, 4) is 5.75 Å². The first-order chi connectivity index (χ1) is 14.3. The Morgan fingerprint density at radius 3 is 2.27 bits per heavy atom. The van der Waals surface area contributed by atoms with E-state index in [0.29, 0.717) is 17.7 Å². The molecule has 2 aromatic rings. The molecule has 3 rings (SSSR count). The van der Waals surface area contributed by atoms with E-state index in [-0.39, 0.29) is 5.92 Å². The maximum Gasteiger partial charge on any atom is 0.125 e. The van der Waals surface area contributed by atoms with Gasteiger partial charge in [-0.2, -0.15) is 0 Å². The summed E-state index contributed by atoms with van der Waals surface area (Å²) in [4.78, 5) is 0. The zero-order chi connectivity index (χ0) is 22.0. The zero-order valence-corrected chi connectivity index (χ0v) is 18.9. The molecule has 0 bridgehead atoms. The van der Waals surface area contributed by atoms with Gasteiger partial charge in [-0.1, -0.05) is 41.9 Å². The lowest BCUT2D eigenvalue weighted by Gasteiger charge is -2.40. The molecule has 1 saturated heterocycles. The standard InChI is InChI=1S/C23H29BrO6/c1-12(2)16-10-18(29-3)17(9-14(16)8-13-4-6-15(24)7-5-13)23-22(28)21(27)20(26)19(11-25)30-23/h4-7,9-10,12,19-23,25-28H,8,11H2,1-3H3/t19-,20-,21+,22-,23+/m1/s1. The number of halogens is 1. The lowest BCUT2D eigenvalue weighted by molar-refractivity contribution is -0.232. The van der Waals surface area contributed by atoms with Gasteiger partial charge in [0.15, 0.2) is 0 Å². The van der Waals surface area contributed by atoms with Gasteiger partial charge in [0.05, 0.1) is 13.7 Å². The second kappa shape index (κ2) is 9.77. The molecule has 30 heavy (non-hydrogen) atoms. The molecular formula is C23H29BrO6. The van der Waals surface area contributed by atoms with Crippen molar-refractivity contribution in [3.05, 3.63) is 63.1 Å². The van der Waals surface area contributed by atoms with Crippen molar-refractivity contribution in [3.63, 3.8) is 0 Å². The molecule has 1 heterocycles. The molecule has 1 aliphatic rings. The molecule has 6 nitrogen and oxygen atoms in total. The highest BCUT2D eigenvalue weighted by atomic mass is 79.9. The summed E-state index contributed by atoms with van der Waals surface area (Å²) in [5, 5.41) is 40.5. The van der Waals surface area contributed by atoms with E-state index in [4.69, 9.17) is 9.47 Å². The van der Waals surface area contributed by atoms with Crippen LogP contribution in [-0.4, -0.2) is 58.6 Å². The summed E-state index contributed by atoms with van der Waals surface area (Å²) in [6.07, 6.45) is -5.44. The highest BCUT2D eigenvalue weighted by Gasteiger charge is 2.45. The van der Waals surface area contributed by atoms with E-state index in [0.717, 1.165) is 21.2 Å². The quantitative estimate of drug-likeness (QED) is 0.507. The highest BCUT2D eigenvalue weighted by Crippen LogP contribution is 2.40. The van der Waals surface area contributed by atoms with Crippen molar-refractivity contribution in [1.29, 1.82) is 0 Å². The van der Waals surface area contributed by atoms with Gasteiger partial charge in [-0.25, -0.2) is 0 Å². The summed E-state index contributed by atoms with van der Waals surface area (Å²) in [6.45, 7) is 3.74. The maximum atomic E-state index is 10.6. The highest BCUT2D eigenvalue weighted by molar-refractivity contribution is 9.10. The number of hydrogen-bond acceptors (Lipinski definition) is 6. The summed E-state index contributed by atoms with van der Waals surface area (Å²) >= 11 is 3.46. The molecule has 0 unspecified atom stereocenters. The molecule has 0 aromatic heterocycles. The van der Waals surface area contributed by atoms with E-state index < -0.39 is 37.1 Å². The Hall–Kier alpha value is -1.48. The Morgan fingerprint density at radius 1 is 1.03 bits per heavy atom. The van der Waals surface area contributed by atoms with Crippen LogP contribution in [0.15, 0.2) is 40.9 Å². The number of methoxy groups -OCH3 is 1. The molecule has 0 radical (unpaired) electrons. The molecule has 1 fully saturated rings. The first kappa shape index (κ1) is 23.2. The monoisotopic (exact) mass is 480 g/mol. The van der Waals surface area contributed by atoms with Crippen molar-refractivity contribution < 1.29 is 29.9 Å². The minimum atomic E-state index is -1.44. The molecular weight excluding hydrogens is 452 g/mol. The van der Waals surface area contributed by atoms with Crippen molar-refractivity contribution in [2.75, 3.05) is 13.7 Å². The lowest BCUT2D eigenvalue weighted by atomic mass is 9.86. The number of ether oxygens (including phenoxy) is 2. The minimum Gasteiger partial charge on any atom is -0.496 e. The van der Waals surface area contributed by atoms with Gasteiger partial charge in [0.1, 0.15) is 36.3 Å². The fourth-order valence-electron chi connectivity index (χ4n) is 3.93. The molecule has 5 atom stereocenters. The van der Waals surface area contributed by atoms with Gasteiger partial charge in [0.2, 0.25) is 0 Å². The summed E-state index contributed by atoms with van der Waals surface area (Å²) < 4.78 is 12.4. The Labute approximate surface area is 185 Å². The molecule has 1 aliphatic heterocycles. The number of aliphatic hydroxyl groups is 4. The van der Waals surface area contributed by atoms with Gasteiger partial charge in [0.25, 0.3) is 0 Å². The molecule has 2 aromatic carbocycles. The predicted molar refractivity (Wildman–Crippen MR) is 117 cm³/mol. The van der Waals surface area contributed by atoms with E-state index in [9.17, 15) is 20.4 Å². The van der Waals surface area contributed by atoms with E-state index >= 15 is 0 Å². The lowest BCUT2D eigenvalue weighted by Crippen LogP contribution is -2.55. The maximum absolute atomic E-state index is 10.6. The van der Waals surface area contributed by atoms with E-state index in [1.165, 1.54) is 0 Å². The van der Waals surface area contributed by atoms with Crippen LogP contribution < -0.4 is 4.74 Å². The average Bonchev–Trinajstić information content (AvgIpc) is 2.73. The van der Waals surface area contributed by atoms with Gasteiger partial charge in [0, 0.05) is 10.0 Å². The first-order valence-electron chi connectivity index (χ1n) is 10.0. The van der Waals surface area contributed by atoms with Gasteiger partial charge >= 0.3 is 0 Å². The smallest absolute Gasteiger partial charge is 0.125 e. The predicted octanol–water partition coefficient (Wildman–Crippen LogP) is 2.69. The topological polar surface area (TPSA) is 99.4 Å². The van der Waals surface area contributed by atoms with E-state index in [1.807, 2.05) is 36.4 Å². The Balaban J connectivity index is 2.06. The third-order valence-electron chi connectivity index (χ3n) is 5.62. The third kappa shape index (κ3) is 4.72. The van der Waals surface area contributed by atoms with Crippen LogP contribution >= 0.6 is 15.9 Å². The largest absolute Gasteiger partial charge is 0.496 e. The second-order valence-corrected chi connectivity index (χ2v) is 8.92. The molecule has 0 aliphatic carbocycles. The van der Waals surface area contributed by atoms with Gasteiger partial charge < -0.3 is 29.9 Å². The van der Waals surface area contributed by atoms with Crippen LogP contribution in [0.4, 0.5) is 0 Å². The van der Waals surface area contributed by atoms with Gasteiger partial charge in [-0.05, 0) is 53.3 Å². The number of benzene rings is 2. The Bertz CT molecular complexity index is 852. The van der Waals surface area contributed by atoms with Crippen molar-refractivity contribution in [2.45, 2.75) is 56.7 Å². The number of aliphatic hydroxyl groups excluding tert-OH is 4. The Morgan fingerprint density at radius 2 is 1.70 bits per heavy atom. The van der Waals surface area contributed by atoms with Crippen LogP contribution in [0.2, 0.25) is 0 Å². The summed E-state index contributed by atoms with van der Waals surface area (Å²) in [5.74, 6) is 0.774. The zero-order valence-electron chi connectivity index (χ0n) is 17.3. The average molecular weight is 481 g/mol. The van der Waals surface area contributed by atoms with Crippen LogP contribution in [0.3, 0.4) is 0 Å². The fraction of sp³-hybridized carbons (Fsp3) is 0.478. The summed E-state index contributed by atoms with van der Waals surface area (Å²) in [5.41, 5.74) is 3.87. The molecule has 0 spiro atoms. The third-order valence-corrected chi connectivity index (χ3v) is 6.15. The van der Waals surface area contributed by atoms with Crippen molar-refractivity contribution in [2.24, 2.45) is 0 Å². The van der Waals surface area contributed by atoms with Crippen LogP contribution in [0.25, 0.3) is 0 Å². The van der Waals surface area contributed by atoms with Gasteiger partial charge in [-0.15, -0.1) is 0 Å². The fourth-order valence-corrected chi connectivity index (χ4v) is 4.19. The van der Waals surface area contributed by atoms with Gasteiger partial charge in [-0.3, -0.25) is 0 Å². The van der Waals surface area contributed by atoms with Crippen LogP contribution in [0, 0.1) is 0 Å². The van der Waals surface area contributed by atoms with Crippen molar-refractivity contribution >= 4 is 15.9 Å². The molecule has 4 N–H and O–H groups in total. The molecule has 164 valence electrons. The van der Waals surface area contributed by atoms with E-state index in [2.05, 4.69) is 29.8 Å². The Kier molecular flexibility index (Phi) is 7.55. The number of rotatable bonds is 6. The molecule has 0 saturated carbocycles.